The Morgan fingerprint density at radius 1 is 1.15 bits per heavy atom. The van der Waals surface area contributed by atoms with E-state index in [0.717, 1.165) is 16.1 Å². The summed E-state index contributed by atoms with van der Waals surface area (Å²) in [7, 11) is 3.21. The van der Waals surface area contributed by atoms with Gasteiger partial charge in [0, 0.05) is 11.9 Å². The number of hydrogen-bond donors (Lipinski definition) is 1. The van der Waals surface area contributed by atoms with Gasteiger partial charge in [-0.3, -0.25) is 0 Å². The smallest absolute Gasteiger partial charge is 0.350 e. The molecule has 0 aliphatic heterocycles. The minimum atomic E-state index is -0.300. The lowest BCUT2D eigenvalue weighted by atomic mass is 10.00. The van der Waals surface area contributed by atoms with Crippen molar-refractivity contribution in [2.45, 2.75) is 20.8 Å². The van der Waals surface area contributed by atoms with E-state index in [4.69, 9.17) is 4.74 Å². The number of thiophene rings is 1. The lowest BCUT2D eigenvalue weighted by Crippen LogP contribution is -2.01. The number of carbonyl (C=O) groups excluding carboxylic acids is 1. The Kier molecular flexibility index (Phi) is 4.14. The molecule has 3 nitrogen and oxygen atoms in total. The molecule has 0 spiro atoms. The molecule has 0 aliphatic carbocycles. The predicted octanol–water partition coefficient (Wildman–Crippen LogP) is 4.17. The van der Waals surface area contributed by atoms with Crippen molar-refractivity contribution in [1.29, 1.82) is 0 Å². The average Bonchev–Trinajstić information content (AvgIpc) is 2.87. The van der Waals surface area contributed by atoms with E-state index in [1.54, 1.807) is 0 Å². The Labute approximate surface area is 123 Å². The van der Waals surface area contributed by atoms with Gasteiger partial charge in [0.25, 0.3) is 0 Å². The molecule has 0 radical (unpaired) electrons. The maximum Gasteiger partial charge on any atom is 0.350 e. The number of rotatable bonds is 3. The first-order valence-corrected chi connectivity index (χ1v) is 7.27. The van der Waals surface area contributed by atoms with E-state index in [-0.39, 0.29) is 5.97 Å². The molecule has 1 N–H and O–H groups in total. The van der Waals surface area contributed by atoms with Crippen LogP contribution in [0.1, 0.15) is 26.4 Å². The molecular formula is C16H19NO2S. The van der Waals surface area contributed by atoms with Crippen LogP contribution in [-0.2, 0) is 4.74 Å². The first kappa shape index (κ1) is 14.6. The van der Waals surface area contributed by atoms with E-state index < -0.39 is 0 Å². The molecule has 0 saturated heterocycles. The number of ether oxygens (including phenoxy) is 1. The minimum absolute atomic E-state index is 0.300. The van der Waals surface area contributed by atoms with E-state index in [9.17, 15) is 4.79 Å². The number of methoxy groups -OCH3 is 1. The molecule has 1 heterocycles. The molecule has 0 amide bonds. The van der Waals surface area contributed by atoms with Crippen LogP contribution in [0.2, 0.25) is 0 Å². The van der Waals surface area contributed by atoms with Crippen LogP contribution < -0.4 is 5.32 Å². The van der Waals surface area contributed by atoms with Crippen LogP contribution in [0.15, 0.2) is 18.2 Å². The van der Waals surface area contributed by atoms with Gasteiger partial charge in [-0.1, -0.05) is 12.1 Å². The molecule has 1 aromatic heterocycles. The zero-order valence-corrected chi connectivity index (χ0v) is 13.3. The van der Waals surface area contributed by atoms with Crippen molar-refractivity contribution in [2.75, 3.05) is 19.5 Å². The summed E-state index contributed by atoms with van der Waals surface area (Å²) in [6, 6.07) is 6.32. The van der Waals surface area contributed by atoms with Crippen molar-refractivity contribution in [3.63, 3.8) is 0 Å². The number of anilines is 1. The van der Waals surface area contributed by atoms with Crippen LogP contribution >= 0.6 is 11.3 Å². The van der Waals surface area contributed by atoms with Crippen LogP contribution in [0.3, 0.4) is 0 Å². The zero-order valence-electron chi connectivity index (χ0n) is 12.5. The first-order valence-electron chi connectivity index (χ1n) is 6.46. The molecule has 2 aromatic rings. The van der Waals surface area contributed by atoms with E-state index in [1.165, 1.54) is 35.1 Å². The highest BCUT2D eigenvalue weighted by Gasteiger charge is 2.17. The molecule has 1 aromatic carbocycles. The zero-order chi connectivity index (χ0) is 14.9. The van der Waals surface area contributed by atoms with Crippen molar-refractivity contribution in [3.05, 3.63) is 39.8 Å². The molecular weight excluding hydrogens is 270 g/mol. The topological polar surface area (TPSA) is 38.3 Å². The van der Waals surface area contributed by atoms with Gasteiger partial charge >= 0.3 is 5.97 Å². The highest BCUT2D eigenvalue weighted by molar-refractivity contribution is 7.18. The van der Waals surface area contributed by atoms with Gasteiger partial charge in [-0.25, -0.2) is 4.79 Å². The predicted molar refractivity (Wildman–Crippen MR) is 84.9 cm³/mol. The van der Waals surface area contributed by atoms with Crippen LogP contribution in [0.25, 0.3) is 10.4 Å². The second-order valence-electron chi connectivity index (χ2n) is 4.83. The number of aryl methyl sites for hydroxylation is 2. The third kappa shape index (κ3) is 2.56. The third-order valence-electron chi connectivity index (χ3n) is 3.58. The summed E-state index contributed by atoms with van der Waals surface area (Å²) < 4.78 is 4.83. The standard InChI is InChI=1S/C16H19NO2S/c1-9-6-12(7-10(2)11(9)3)14-8-13(17-4)15(20-14)16(18)19-5/h6-8,17H,1-5H3. The van der Waals surface area contributed by atoms with Gasteiger partial charge in [-0.2, -0.15) is 0 Å². The molecule has 2 rings (SSSR count). The second kappa shape index (κ2) is 5.67. The SMILES string of the molecule is CNc1cc(-c2cc(C)c(C)c(C)c2)sc1C(=O)OC. The first-order chi connectivity index (χ1) is 9.47. The van der Waals surface area contributed by atoms with Crippen molar-refractivity contribution in [2.24, 2.45) is 0 Å². The van der Waals surface area contributed by atoms with E-state index in [2.05, 4.69) is 38.2 Å². The van der Waals surface area contributed by atoms with Crippen molar-refractivity contribution < 1.29 is 9.53 Å². The van der Waals surface area contributed by atoms with Gasteiger partial charge in [-0.05, 0) is 49.1 Å². The van der Waals surface area contributed by atoms with Gasteiger partial charge in [0.1, 0.15) is 4.88 Å². The van der Waals surface area contributed by atoms with Crippen LogP contribution in [-0.4, -0.2) is 20.1 Å². The summed E-state index contributed by atoms with van der Waals surface area (Å²) in [6.07, 6.45) is 0. The molecule has 0 fully saturated rings. The molecule has 0 saturated carbocycles. The Morgan fingerprint density at radius 3 is 2.25 bits per heavy atom. The lowest BCUT2D eigenvalue weighted by molar-refractivity contribution is 0.0607. The summed E-state index contributed by atoms with van der Waals surface area (Å²) in [6.45, 7) is 6.35. The largest absolute Gasteiger partial charge is 0.465 e. The number of hydrogen-bond acceptors (Lipinski definition) is 4. The van der Waals surface area contributed by atoms with E-state index in [0.29, 0.717) is 4.88 Å². The molecule has 4 heteroatoms. The van der Waals surface area contributed by atoms with Crippen LogP contribution in [0, 0.1) is 20.8 Å². The van der Waals surface area contributed by atoms with Gasteiger partial charge in [0.2, 0.25) is 0 Å². The van der Waals surface area contributed by atoms with Gasteiger partial charge in [-0.15, -0.1) is 11.3 Å². The number of carbonyl (C=O) groups is 1. The van der Waals surface area contributed by atoms with Gasteiger partial charge in [0.15, 0.2) is 0 Å². The maximum absolute atomic E-state index is 11.8. The highest BCUT2D eigenvalue weighted by Crippen LogP contribution is 2.36. The van der Waals surface area contributed by atoms with E-state index >= 15 is 0 Å². The highest BCUT2D eigenvalue weighted by atomic mass is 32.1. The fourth-order valence-corrected chi connectivity index (χ4v) is 3.21. The Hall–Kier alpha value is -1.81. The van der Waals surface area contributed by atoms with Crippen molar-refractivity contribution >= 4 is 23.0 Å². The molecule has 0 atom stereocenters. The molecule has 0 bridgehead atoms. The van der Waals surface area contributed by atoms with Crippen LogP contribution in [0.5, 0.6) is 0 Å². The number of nitrogens with one attached hydrogen (secondary N) is 1. The average molecular weight is 289 g/mol. The van der Waals surface area contributed by atoms with Crippen molar-refractivity contribution in [3.8, 4) is 10.4 Å². The second-order valence-corrected chi connectivity index (χ2v) is 5.88. The lowest BCUT2D eigenvalue weighted by Gasteiger charge is -2.07. The van der Waals surface area contributed by atoms with E-state index in [1.807, 2.05) is 13.1 Å². The summed E-state index contributed by atoms with van der Waals surface area (Å²) in [5.74, 6) is -0.300. The summed E-state index contributed by atoms with van der Waals surface area (Å²) in [4.78, 5) is 13.5. The monoisotopic (exact) mass is 289 g/mol. The fourth-order valence-electron chi connectivity index (χ4n) is 2.14. The fraction of sp³-hybridized carbons (Fsp3) is 0.312. The summed E-state index contributed by atoms with van der Waals surface area (Å²) >= 11 is 1.46. The summed E-state index contributed by atoms with van der Waals surface area (Å²) in [5.41, 5.74) is 5.79. The summed E-state index contributed by atoms with van der Waals surface area (Å²) in [5, 5.41) is 3.05. The maximum atomic E-state index is 11.8. The molecule has 0 unspecified atom stereocenters. The van der Waals surface area contributed by atoms with Crippen molar-refractivity contribution in [1.82, 2.24) is 0 Å². The molecule has 0 aliphatic rings. The van der Waals surface area contributed by atoms with Gasteiger partial charge in [0.05, 0.1) is 12.8 Å². The minimum Gasteiger partial charge on any atom is -0.465 e. The number of esters is 1. The van der Waals surface area contributed by atoms with Crippen LogP contribution in [0.4, 0.5) is 5.69 Å². The Morgan fingerprint density at radius 2 is 1.75 bits per heavy atom. The molecule has 20 heavy (non-hydrogen) atoms. The molecule has 106 valence electrons. The Bertz CT molecular complexity index is 635. The quantitative estimate of drug-likeness (QED) is 0.862. The number of benzene rings is 1. The van der Waals surface area contributed by atoms with Gasteiger partial charge < -0.3 is 10.1 Å². The third-order valence-corrected chi connectivity index (χ3v) is 4.75. The normalized spacial score (nSPS) is 10.4. The Balaban J connectivity index is 2.54.